The third kappa shape index (κ3) is 3.89. The Balaban J connectivity index is 2.18. The van der Waals surface area contributed by atoms with Gasteiger partial charge in [0.05, 0.1) is 30.9 Å². The number of para-hydroxylation sites is 1. The number of carbonyl (C=O) groups is 2. The molecular formula is C23H25NO5. The van der Waals surface area contributed by atoms with Crippen LogP contribution in [0.2, 0.25) is 0 Å². The first-order chi connectivity index (χ1) is 14.0. The summed E-state index contributed by atoms with van der Waals surface area (Å²) in [5.74, 6) is -1.18. The molecule has 152 valence electrons. The van der Waals surface area contributed by atoms with Crippen molar-refractivity contribution in [2.45, 2.75) is 19.4 Å². The predicted octanol–water partition coefficient (Wildman–Crippen LogP) is 3.33. The number of likely N-dealkylation sites (tertiary alicyclic amines) is 1. The van der Waals surface area contributed by atoms with Gasteiger partial charge in [-0.1, -0.05) is 43.3 Å². The number of amides is 1. The number of aliphatic hydroxyl groups excluding tert-OH is 1. The molecule has 0 spiro atoms. The molecule has 1 amide bonds. The number of hydrogen-bond acceptors (Lipinski definition) is 5. The molecule has 1 atom stereocenters. The highest BCUT2D eigenvalue weighted by Gasteiger charge is 2.46. The van der Waals surface area contributed by atoms with E-state index < -0.39 is 17.7 Å². The van der Waals surface area contributed by atoms with Gasteiger partial charge in [0.15, 0.2) is 0 Å². The summed E-state index contributed by atoms with van der Waals surface area (Å²) in [7, 11) is 3.03. The Morgan fingerprint density at radius 2 is 1.76 bits per heavy atom. The fourth-order valence-corrected chi connectivity index (χ4v) is 3.57. The van der Waals surface area contributed by atoms with Crippen LogP contribution in [-0.2, 0) is 20.7 Å². The number of aliphatic hydroxyl groups is 1. The second-order valence-corrected chi connectivity index (χ2v) is 6.78. The summed E-state index contributed by atoms with van der Waals surface area (Å²) < 4.78 is 10.4. The minimum absolute atomic E-state index is 0.0554. The molecule has 0 aliphatic carbocycles. The van der Waals surface area contributed by atoms with Gasteiger partial charge in [-0.3, -0.25) is 9.59 Å². The lowest BCUT2D eigenvalue weighted by Crippen LogP contribution is -2.32. The molecule has 0 bridgehead atoms. The number of ketones is 1. The Kier molecular flexibility index (Phi) is 6.34. The van der Waals surface area contributed by atoms with Gasteiger partial charge in [0.25, 0.3) is 11.7 Å². The van der Waals surface area contributed by atoms with Gasteiger partial charge in [-0.15, -0.1) is 0 Å². The zero-order valence-corrected chi connectivity index (χ0v) is 16.8. The molecule has 1 aliphatic rings. The fraction of sp³-hybridized carbons (Fsp3) is 0.304. The first-order valence-electron chi connectivity index (χ1n) is 9.53. The summed E-state index contributed by atoms with van der Waals surface area (Å²) in [4.78, 5) is 27.1. The summed E-state index contributed by atoms with van der Waals surface area (Å²) in [6.45, 7) is 2.58. The molecule has 0 saturated carbocycles. The standard InChI is InChI=1S/C23H25NO5/c1-4-15-9-11-16(12-10-15)20-19(22(26)23(27)24(20)13-14-28-2)21(25)17-7-5-6-8-18(17)29-3/h5-12,20,25H,4,13-14H2,1-3H3/b21-19-. The number of ether oxygens (including phenoxy) is 2. The van der Waals surface area contributed by atoms with Crippen molar-refractivity contribution in [1.82, 2.24) is 4.90 Å². The Hall–Kier alpha value is -3.12. The summed E-state index contributed by atoms with van der Waals surface area (Å²) in [5.41, 5.74) is 2.33. The van der Waals surface area contributed by atoms with Crippen LogP contribution in [0.15, 0.2) is 54.1 Å². The second-order valence-electron chi connectivity index (χ2n) is 6.78. The maximum absolute atomic E-state index is 12.9. The van der Waals surface area contributed by atoms with Gasteiger partial charge in [0, 0.05) is 13.7 Å². The Labute approximate surface area is 170 Å². The summed E-state index contributed by atoms with van der Waals surface area (Å²) in [6.07, 6.45) is 0.880. The quantitative estimate of drug-likeness (QED) is 0.442. The molecule has 1 fully saturated rings. The molecular weight excluding hydrogens is 370 g/mol. The third-order valence-electron chi connectivity index (χ3n) is 5.14. The molecule has 2 aromatic carbocycles. The van der Waals surface area contributed by atoms with Crippen LogP contribution in [-0.4, -0.2) is 49.1 Å². The van der Waals surface area contributed by atoms with E-state index in [1.165, 1.54) is 19.1 Å². The van der Waals surface area contributed by atoms with Gasteiger partial charge in [-0.05, 0) is 29.7 Å². The Morgan fingerprint density at radius 1 is 1.07 bits per heavy atom. The monoisotopic (exact) mass is 395 g/mol. The van der Waals surface area contributed by atoms with Crippen molar-refractivity contribution < 1.29 is 24.2 Å². The largest absolute Gasteiger partial charge is 0.507 e. The molecule has 1 heterocycles. The van der Waals surface area contributed by atoms with E-state index in [0.717, 1.165) is 17.5 Å². The molecule has 6 nitrogen and oxygen atoms in total. The lowest BCUT2D eigenvalue weighted by Gasteiger charge is -2.25. The molecule has 3 rings (SSSR count). The second kappa shape index (κ2) is 8.92. The molecule has 1 aliphatic heterocycles. The lowest BCUT2D eigenvalue weighted by atomic mass is 9.94. The molecule has 6 heteroatoms. The molecule has 1 N–H and O–H groups in total. The summed E-state index contributed by atoms with van der Waals surface area (Å²) in [6, 6.07) is 13.9. The van der Waals surface area contributed by atoms with Crippen molar-refractivity contribution in [3.8, 4) is 5.75 Å². The van der Waals surface area contributed by atoms with Gasteiger partial charge in [0.1, 0.15) is 11.5 Å². The maximum atomic E-state index is 12.9. The average Bonchev–Trinajstić information content (AvgIpc) is 3.01. The van der Waals surface area contributed by atoms with Crippen LogP contribution in [0.1, 0.15) is 29.7 Å². The van der Waals surface area contributed by atoms with Crippen molar-refractivity contribution in [2.24, 2.45) is 0 Å². The van der Waals surface area contributed by atoms with E-state index in [1.54, 1.807) is 24.3 Å². The highest BCUT2D eigenvalue weighted by Crippen LogP contribution is 2.40. The Bertz CT molecular complexity index is 933. The zero-order chi connectivity index (χ0) is 21.0. The van der Waals surface area contributed by atoms with E-state index in [2.05, 4.69) is 6.92 Å². The number of aryl methyl sites for hydroxylation is 1. The molecule has 0 radical (unpaired) electrons. The smallest absolute Gasteiger partial charge is 0.295 e. The van der Waals surface area contributed by atoms with Crippen LogP contribution in [0, 0.1) is 0 Å². The third-order valence-corrected chi connectivity index (χ3v) is 5.14. The lowest BCUT2D eigenvalue weighted by molar-refractivity contribution is -0.140. The first kappa shape index (κ1) is 20.6. The summed E-state index contributed by atoms with van der Waals surface area (Å²) >= 11 is 0. The van der Waals surface area contributed by atoms with Crippen LogP contribution in [0.5, 0.6) is 5.75 Å². The van der Waals surface area contributed by atoms with Crippen LogP contribution >= 0.6 is 0 Å². The highest BCUT2D eigenvalue weighted by atomic mass is 16.5. The number of carbonyl (C=O) groups excluding carboxylic acids is 2. The van der Waals surface area contributed by atoms with Crippen molar-refractivity contribution in [2.75, 3.05) is 27.4 Å². The van der Waals surface area contributed by atoms with Crippen LogP contribution in [0.25, 0.3) is 5.76 Å². The van der Waals surface area contributed by atoms with Crippen molar-refractivity contribution >= 4 is 17.4 Å². The van der Waals surface area contributed by atoms with Crippen molar-refractivity contribution in [3.63, 3.8) is 0 Å². The van der Waals surface area contributed by atoms with E-state index >= 15 is 0 Å². The van der Waals surface area contributed by atoms with E-state index in [4.69, 9.17) is 9.47 Å². The first-order valence-corrected chi connectivity index (χ1v) is 9.53. The normalized spacial score (nSPS) is 18.3. The van der Waals surface area contributed by atoms with Crippen LogP contribution < -0.4 is 4.74 Å². The molecule has 1 unspecified atom stereocenters. The molecule has 2 aromatic rings. The van der Waals surface area contributed by atoms with Crippen LogP contribution in [0.3, 0.4) is 0 Å². The van der Waals surface area contributed by atoms with E-state index in [0.29, 0.717) is 11.3 Å². The average molecular weight is 395 g/mol. The minimum Gasteiger partial charge on any atom is -0.507 e. The number of nitrogens with zero attached hydrogens (tertiary/aromatic N) is 1. The topological polar surface area (TPSA) is 76.1 Å². The SMILES string of the molecule is CCc1ccc(C2/C(=C(/O)c3ccccc3OC)C(=O)C(=O)N2CCOC)cc1. The van der Waals surface area contributed by atoms with E-state index in [9.17, 15) is 14.7 Å². The van der Waals surface area contributed by atoms with Crippen LogP contribution in [0.4, 0.5) is 0 Å². The van der Waals surface area contributed by atoms with Gasteiger partial charge in [-0.2, -0.15) is 0 Å². The van der Waals surface area contributed by atoms with E-state index in [1.807, 2.05) is 24.3 Å². The number of methoxy groups -OCH3 is 2. The Morgan fingerprint density at radius 3 is 2.38 bits per heavy atom. The van der Waals surface area contributed by atoms with Crippen molar-refractivity contribution in [1.29, 1.82) is 0 Å². The number of hydrogen-bond donors (Lipinski definition) is 1. The fourth-order valence-electron chi connectivity index (χ4n) is 3.57. The maximum Gasteiger partial charge on any atom is 0.295 e. The van der Waals surface area contributed by atoms with Gasteiger partial charge in [0.2, 0.25) is 0 Å². The van der Waals surface area contributed by atoms with Crippen molar-refractivity contribution in [3.05, 3.63) is 70.8 Å². The minimum atomic E-state index is -0.714. The highest BCUT2D eigenvalue weighted by molar-refractivity contribution is 6.46. The predicted molar refractivity (Wildman–Crippen MR) is 110 cm³/mol. The summed E-state index contributed by atoms with van der Waals surface area (Å²) in [5, 5.41) is 11.1. The molecule has 0 aromatic heterocycles. The van der Waals surface area contributed by atoms with E-state index in [-0.39, 0.29) is 24.5 Å². The number of benzene rings is 2. The molecule has 1 saturated heterocycles. The zero-order valence-electron chi connectivity index (χ0n) is 16.8. The number of Topliss-reactive ketones (excluding diaryl/α,β-unsaturated/α-hetero) is 1. The number of rotatable bonds is 7. The van der Waals surface area contributed by atoms with Gasteiger partial charge < -0.3 is 19.5 Å². The van der Waals surface area contributed by atoms with Gasteiger partial charge in [-0.25, -0.2) is 0 Å². The molecule has 29 heavy (non-hydrogen) atoms. The van der Waals surface area contributed by atoms with Gasteiger partial charge >= 0.3 is 0 Å².